The van der Waals surface area contributed by atoms with Gasteiger partial charge in [-0.3, -0.25) is 9.59 Å². The SMILES string of the molecule is C/C=C1\C(OC(C)=O)CC2C3CC=C4CC(OC(C)=O)CC[C@]4(C)C3CC[C@]12C. The van der Waals surface area contributed by atoms with Gasteiger partial charge in [-0.25, -0.2) is 0 Å². The van der Waals surface area contributed by atoms with Crippen LogP contribution in [0.5, 0.6) is 0 Å². The van der Waals surface area contributed by atoms with E-state index in [0.29, 0.717) is 17.8 Å². The summed E-state index contributed by atoms with van der Waals surface area (Å²) in [6.45, 7) is 10.0. The number of rotatable bonds is 2. The summed E-state index contributed by atoms with van der Waals surface area (Å²) in [5.74, 6) is 1.55. The van der Waals surface area contributed by atoms with E-state index in [9.17, 15) is 9.59 Å². The highest BCUT2D eigenvalue weighted by Crippen LogP contribution is 2.66. The number of hydrogen-bond donors (Lipinski definition) is 0. The van der Waals surface area contributed by atoms with Crippen molar-refractivity contribution in [3.05, 3.63) is 23.3 Å². The molecule has 4 aliphatic rings. The van der Waals surface area contributed by atoms with Gasteiger partial charge in [-0.05, 0) is 79.6 Å². The maximum Gasteiger partial charge on any atom is 0.303 e. The number of esters is 2. The van der Waals surface area contributed by atoms with E-state index in [1.807, 2.05) is 0 Å². The lowest BCUT2D eigenvalue weighted by Crippen LogP contribution is -2.49. The van der Waals surface area contributed by atoms with Gasteiger partial charge < -0.3 is 9.47 Å². The van der Waals surface area contributed by atoms with Crippen LogP contribution in [0.3, 0.4) is 0 Å². The lowest BCUT2D eigenvalue weighted by molar-refractivity contribution is -0.148. The Labute approximate surface area is 175 Å². The normalized spacial score (nSPS) is 44.9. The molecular weight excluding hydrogens is 364 g/mol. The van der Waals surface area contributed by atoms with Gasteiger partial charge in [0.2, 0.25) is 0 Å². The van der Waals surface area contributed by atoms with Gasteiger partial charge >= 0.3 is 11.9 Å². The molecule has 0 aliphatic heterocycles. The number of carbonyl (C=O) groups excluding carboxylic acids is 2. The molecule has 0 amide bonds. The van der Waals surface area contributed by atoms with Crippen LogP contribution in [-0.2, 0) is 19.1 Å². The summed E-state index contributed by atoms with van der Waals surface area (Å²) in [6, 6.07) is 0. The van der Waals surface area contributed by atoms with Gasteiger partial charge in [0.1, 0.15) is 12.2 Å². The van der Waals surface area contributed by atoms with Crippen LogP contribution in [0.1, 0.15) is 79.6 Å². The maximum atomic E-state index is 11.7. The molecule has 0 N–H and O–H groups in total. The van der Waals surface area contributed by atoms with Gasteiger partial charge in [-0.15, -0.1) is 0 Å². The second kappa shape index (κ2) is 7.28. The largest absolute Gasteiger partial charge is 0.462 e. The minimum Gasteiger partial charge on any atom is -0.462 e. The van der Waals surface area contributed by atoms with Crippen LogP contribution in [0.2, 0.25) is 0 Å². The second-order valence-corrected chi connectivity index (χ2v) is 10.3. The predicted octanol–water partition coefficient (Wildman–Crippen LogP) is 5.37. The molecule has 0 heterocycles. The van der Waals surface area contributed by atoms with Crippen molar-refractivity contribution < 1.29 is 19.1 Å². The van der Waals surface area contributed by atoms with E-state index in [0.717, 1.165) is 32.1 Å². The zero-order valence-electron chi connectivity index (χ0n) is 18.6. The third-order valence-corrected chi connectivity index (χ3v) is 8.87. The Kier molecular flexibility index (Phi) is 5.19. The number of allylic oxidation sites excluding steroid dienone is 2. The summed E-state index contributed by atoms with van der Waals surface area (Å²) >= 11 is 0. The smallest absolute Gasteiger partial charge is 0.303 e. The summed E-state index contributed by atoms with van der Waals surface area (Å²) in [7, 11) is 0. The fourth-order valence-electron chi connectivity index (χ4n) is 7.63. The summed E-state index contributed by atoms with van der Waals surface area (Å²) in [4.78, 5) is 23.1. The quantitative estimate of drug-likeness (QED) is 0.462. The highest BCUT2D eigenvalue weighted by atomic mass is 16.5. The molecule has 0 bridgehead atoms. The summed E-state index contributed by atoms with van der Waals surface area (Å²) < 4.78 is 11.3. The Morgan fingerprint density at radius 2 is 1.72 bits per heavy atom. The highest BCUT2D eigenvalue weighted by Gasteiger charge is 2.59. The minimum atomic E-state index is -0.172. The van der Waals surface area contributed by atoms with E-state index < -0.39 is 0 Å². The first-order valence-corrected chi connectivity index (χ1v) is 11.4. The Bertz CT molecular complexity index is 765. The Hall–Kier alpha value is -1.58. The third-order valence-electron chi connectivity index (χ3n) is 8.87. The molecular formula is C25H36O4. The Morgan fingerprint density at radius 3 is 2.38 bits per heavy atom. The van der Waals surface area contributed by atoms with Crippen molar-refractivity contribution in [2.45, 2.75) is 91.8 Å². The van der Waals surface area contributed by atoms with Crippen molar-refractivity contribution in [1.29, 1.82) is 0 Å². The van der Waals surface area contributed by atoms with Crippen molar-refractivity contribution >= 4 is 11.9 Å². The van der Waals surface area contributed by atoms with Crippen LogP contribution < -0.4 is 0 Å². The summed E-state index contributed by atoms with van der Waals surface area (Å²) in [6.07, 6.45) is 12.1. The molecule has 4 nitrogen and oxygen atoms in total. The Balaban J connectivity index is 1.61. The molecule has 5 unspecified atom stereocenters. The topological polar surface area (TPSA) is 52.6 Å². The number of carbonyl (C=O) groups is 2. The average molecular weight is 401 g/mol. The molecule has 7 atom stereocenters. The summed E-state index contributed by atoms with van der Waals surface area (Å²) in [5, 5.41) is 0. The van der Waals surface area contributed by atoms with Crippen LogP contribution in [0.15, 0.2) is 23.3 Å². The van der Waals surface area contributed by atoms with E-state index in [1.54, 1.807) is 0 Å². The van der Waals surface area contributed by atoms with Gasteiger partial charge in [0.15, 0.2) is 0 Å². The molecule has 160 valence electrons. The molecule has 4 rings (SSSR count). The highest BCUT2D eigenvalue weighted by molar-refractivity contribution is 5.67. The molecule has 0 radical (unpaired) electrons. The van der Waals surface area contributed by atoms with Gasteiger partial charge in [-0.1, -0.05) is 31.6 Å². The zero-order valence-corrected chi connectivity index (χ0v) is 18.6. The van der Waals surface area contributed by atoms with Crippen molar-refractivity contribution in [3.8, 4) is 0 Å². The fraction of sp³-hybridized carbons (Fsp3) is 0.760. The first kappa shape index (κ1) is 20.7. The van der Waals surface area contributed by atoms with Crippen LogP contribution in [0.4, 0.5) is 0 Å². The fourth-order valence-corrected chi connectivity index (χ4v) is 7.63. The molecule has 0 aromatic carbocycles. The molecule has 0 aromatic heterocycles. The van der Waals surface area contributed by atoms with Crippen molar-refractivity contribution in [1.82, 2.24) is 0 Å². The molecule has 3 fully saturated rings. The number of hydrogen-bond acceptors (Lipinski definition) is 4. The standard InChI is InChI=1S/C25H36O4/c1-6-20-23(29-16(3)27)14-22-19-8-7-17-13-18(28-15(2)26)9-11-24(17,4)21(19)10-12-25(20,22)5/h6-7,18-19,21-23H,8-14H2,1-5H3/b20-6+/t18?,19?,21?,22?,23?,24-,25+/m0/s1. The van der Waals surface area contributed by atoms with E-state index in [-0.39, 0.29) is 35.0 Å². The van der Waals surface area contributed by atoms with Crippen molar-refractivity contribution in [2.24, 2.45) is 28.6 Å². The van der Waals surface area contributed by atoms with E-state index in [4.69, 9.17) is 9.47 Å². The zero-order chi connectivity index (χ0) is 21.0. The number of ether oxygens (including phenoxy) is 2. The van der Waals surface area contributed by atoms with Crippen LogP contribution in [-0.4, -0.2) is 24.1 Å². The van der Waals surface area contributed by atoms with Crippen LogP contribution >= 0.6 is 0 Å². The third kappa shape index (κ3) is 3.27. The van der Waals surface area contributed by atoms with Crippen LogP contribution in [0.25, 0.3) is 0 Å². The summed E-state index contributed by atoms with van der Waals surface area (Å²) in [5.41, 5.74) is 3.22. The lowest BCUT2D eigenvalue weighted by Gasteiger charge is -2.57. The van der Waals surface area contributed by atoms with Crippen molar-refractivity contribution in [3.63, 3.8) is 0 Å². The molecule has 4 heteroatoms. The van der Waals surface area contributed by atoms with Gasteiger partial charge in [0, 0.05) is 20.3 Å². The van der Waals surface area contributed by atoms with Gasteiger partial charge in [-0.2, -0.15) is 0 Å². The van der Waals surface area contributed by atoms with Crippen molar-refractivity contribution in [2.75, 3.05) is 0 Å². The molecule has 3 saturated carbocycles. The number of fused-ring (bicyclic) bond motifs is 5. The Morgan fingerprint density at radius 1 is 1.03 bits per heavy atom. The predicted molar refractivity (Wildman–Crippen MR) is 112 cm³/mol. The molecule has 0 saturated heterocycles. The van der Waals surface area contributed by atoms with Gasteiger partial charge in [0.25, 0.3) is 0 Å². The van der Waals surface area contributed by atoms with E-state index >= 15 is 0 Å². The first-order chi connectivity index (χ1) is 13.7. The average Bonchev–Trinajstić information content (AvgIpc) is 2.92. The lowest BCUT2D eigenvalue weighted by atomic mass is 9.48. The van der Waals surface area contributed by atoms with E-state index in [1.165, 1.54) is 37.8 Å². The minimum absolute atomic E-state index is 0.0479. The monoisotopic (exact) mass is 400 g/mol. The molecule has 29 heavy (non-hydrogen) atoms. The molecule has 4 aliphatic carbocycles. The second-order valence-electron chi connectivity index (χ2n) is 10.3. The first-order valence-electron chi connectivity index (χ1n) is 11.4. The molecule has 0 spiro atoms. The molecule has 0 aromatic rings. The van der Waals surface area contributed by atoms with E-state index in [2.05, 4.69) is 32.9 Å². The maximum absolute atomic E-state index is 11.7. The van der Waals surface area contributed by atoms with Gasteiger partial charge in [0.05, 0.1) is 0 Å². The van der Waals surface area contributed by atoms with Crippen LogP contribution in [0, 0.1) is 28.6 Å².